The predicted octanol–water partition coefficient (Wildman–Crippen LogP) is 4.33. The first-order valence-corrected chi connectivity index (χ1v) is 6.43. The van der Waals surface area contributed by atoms with Gasteiger partial charge >= 0.3 is 6.18 Å². The maximum absolute atomic E-state index is 12.7. The Balaban J connectivity index is 2.18. The molecule has 0 bridgehead atoms. The summed E-state index contributed by atoms with van der Waals surface area (Å²) in [5.41, 5.74) is 0.140. The predicted molar refractivity (Wildman–Crippen MR) is 66.7 cm³/mol. The minimum absolute atomic E-state index is 0.557. The van der Waals surface area contributed by atoms with Crippen molar-refractivity contribution in [3.8, 4) is 0 Å². The van der Waals surface area contributed by atoms with Crippen molar-refractivity contribution in [2.24, 2.45) is 5.92 Å². The lowest BCUT2D eigenvalue weighted by Crippen LogP contribution is -2.35. The highest BCUT2D eigenvalue weighted by atomic mass is 19.4. The molecular weight excluding hydrogens is 239 g/mol. The molecule has 0 aliphatic carbocycles. The van der Waals surface area contributed by atoms with E-state index in [2.05, 4.69) is 11.8 Å². The van der Waals surface area contributed by atoms with Crippen LogP contribution >= 0.6 is 0 Å². The van der Waals surface area contributed by atoms with Crippen LogP contribution in [0.25, 0.3) is 0 Å². The van der Waals surface area contributed by atoms with Gasteiger partial charge in [0.15, 0.2) is 0 Å². The summed E-state index contributed by atoms with van der Waals surface area (Å²) in [7, 11) is 0. The molecule has 18 heavy (non-hydrogen) atoms. The number of anilines is 1. The summed E-state index contributed by atoms with van der Waals surface area (Å²) in [6.45, 7) is 3.87. The van der Waals surface area contributed by atoms with Crippen LogP contribution in [-0.2, 0) is 6.18 Å². The molecule has 0 radical (unpaired) electrons. The topological polar surface area (TPSA) is 3.24 Å². The van der Waals surface area contributed by atoms with E-state index in [9.17, 15) is 13.2 Å². The number of halogens is 3. The Hall–Kier alpha value is -1.19. The first kappa shape index (κ1) is 13.2. The number of rotatable bonds is 2. The van der Waals surface area contributed by atoms with Gasteiger partial charge in [0, 0.05) is 18.8 Å². The normalized spacial score (nSPS) is 21.1. The smallest absolute Gasteiger partial charge is 0.371 e. The molecule has 0 amide bonds. The molecule has 1 nitrogen and oxygen atoms in total. The second-order valence-electron chi connectivity index (χ2n) is 4.91. The lowest BCUT2D eigenvalue weighted by atomic mass is 9.95. The summed E-state index contributed by atoms with van der Waals surface area (Å²) in [5, 5.41) is 0. The summed E-state index contributed by atoms with van der Waals surface area (Å²) in [5.74, 6) is 0.605. The van der Waals surface area contributed by atoms with Crippen LogP contribution in [0.3, 0.4) is 0 Å². The third kappa shape index (κ3) is 2.98. The standard InChI is InChI=1S/C14H18F3N/c1-2-11-5-4-8-18(10-11)13-7-3-6-12(9-13)14(15,16)17/h3,6-7,9,11H,2,4-5,8,10H2,1H3. The van der Waals surface area contributed by atoms with Crippen LogP contribution in [0.2, 0.25) is 0 Å². The molecule has 1 aromatic rings. The van der Waals surface area contributed by atoms with Crippen molar-refractivity contribution in [3.63, 3.8) is 0 Å². The molecule has 1 unspecified atom stereocenters. The lowest BCUT2D eigenvalue weighted by molar-refractivity contribution is -0.137. The van der Waals surface area contributed by atoms with Gasteiger partial charge in [-0.05, 0) is 37.0 Å². The number of benzene rings is 1. The second-order valence-corrected chi connectivity index (χ2v) is 4.91. The van der Waals surface area contributed by atoms with Gasteiger partial charge in [-0.15, -0.1) is 0 Å². The van der Waals surface area contributed by atoms with Crippen LogP contribution < -0.4 is 4.90 Å². The van der Waals surface area contributed by atoms with E-state index in [0.717, 1.165) is 32.0 Å². The van der Waals surface area contributed by atoms with Crippen LogP contribution in [0.1, 0.15) is 31.7 Å². The third-order valence-electron chi connectivity index (χ3n) is 3.63. The van der Waals surface area contributed by atoms with Crippen molar-refractivity contribution in [2.75, 3.05) is 18.0 Å². The molecule has 100 valence electrons. The van der Waals surface area contributed by atoms with Crippen molar-refractivity contribution in [1.29, 1.82) is 0 Å². The molecule has 1 aromatic carbocycles. The quantitative estimate of drug-likeness (QED) is 0.762. The highest BCUT2D eigenvalue weighted by molar-refractivity contribution is 5.49. The maximum Gasteiger partial charge on any atom is 0.416 e. The second kappa shape index (κ2) is 5.21. The van der Waals surface area contributed by atoms with E-state index in [-0.39, 0.29) is 0 Å². The van der Waals surface area contributed by atoms with Gasteiger partial charge in [-0.3, -0.25) is 0 Å². The minimum atomic E-state index is -4.25. The molecule has 0 spiro atoms. The van der Waals surface area contributed by atoms with E-state index in [4.69, 9.17) is 0 Å². The summed E-state index contributed by atoms with van der Waals surface area (Å²) >= 11 is 0. The number of nitrogens with zero attached hydrogens (tertiary/aromatic N) is 1. The Kier molecular flexibility index (Phi) is 3.83. The third-order valence-corrected chi connectivity index (χ3v) is 3.63. The van der Waals surface area contributed by atoms with E-state index in [1.807, 2.05) is 0 Å². The molecule has 0 saturated carbocycles. The van der Waals surface area contributed by atoms with Gasteiger partial charge in [-0.25, -0.2) is 0 Å². The van der Waals surface area contributed by atoms with E-state index < -0.39 is 11.7 Å². The van der Waals surface area contributed by atoms with Gasteiger partial charge in [0.2, 0.25) is 0 Å². The SMILES string of the molecule is CCC1CCCN(c2cccc(C(F)(F)F)c2)C1. The first-order valence-electron chi connectivity index (χ1n) is 6.43. The Morgan fingerprint density at radius 1 is 1.33 bits per heavy atom. The number of hydrogen-bond acceptors (Lipinski definition) is 1. The molecule has 0 aromatic heterocycles. The molecule has 4 heteroatoms. The Labute approximate surface area is 106 Å². The monoisotopic (exact) mass is 257 g/mol. The van der Waals surface area contributed by atoms with E-state index in [1.54, 1.807) is 6.07 Å². The van der Waals surface area contributed by atoms with Gasteiger partial charge in [0.1, 0.15) is 0 Å². The summed E-state index contributed by atoms with van der Waals surface area (Å²) < 4.78 is 38.0. The fourth-order valence-electron chi connectivity index (χ4n) is 2.51. The molecule has 1 aliphatic rings. The summed E-state index contributed by atoms with van der Waals surface area (Å²) in [6.07, 6.45) is -0.911. The van der Waals surface area contributed by atoms with E-state index >= 15 is 0 Å². The zero-order valence-corrected chi connectivity index (χ0v) is 10.5. The average molecular weight is 257 g/mol. The van der Waals surface area contributed by atoms with Gasteiger partial charge in [0.05, 0.1) is 5.56 Å². The van der Waals surface area contributed by atoms with E-state index in [1.165, 1.54) is 18.6 Å². The first-order chi connectivity index (χ1) is 8.50. The number of alkyl halides is 3. The maximum atomic E-state index is 12.7. The van der Waals surface area contributed by atoms with Crippen molar-refractivity contribution >= 4 is 5.69 Å². The average Bonchev–Trinajstić information content (AvgIpc) is 2.38. The van der Waals surface area contributed by atoms with Crippen LogP contribution in [0.4, 0.5) is 18.9 Å². The molecule has 1 aliphatic heterocycles. The number of hydrogen-bond donors (Lipinski definition) is 0. The molecule has 0 N–H and O–H groups in total. The van der Waals surface area contributed by atoms with Crippen molar-refractivity contribution in [2.45, 2.75) is 32.4 Å². The highest BCUT2D eigenvalue weighted by Crippen LogP contribution is 2.33. The lowest BCUT2D eigenvalue weighted by Gasteiger charge is -2.34. The zero-order chi connectivity index (χ0) is 13.2. The van der Waals surface area contributed by atoms with Crippen molar-refractivity contribution in [3.05, 3.63) is 29.8 Å². The van der Waals surface area contributed by atoms with Crippen LogP contribution in [-0.4, -0.2) is 13.1 Å². The highest BCUT2D eigenvalue weighted by Gasteiger charge is 2.31. The molecule has 1 heterocycles. The van der Waals surface area contributed by atoms with E-state index in [0.29, 0.717) is 11.6 Å². The Morgan fingerprint density at radius 3 is 2.78 bits per heavy atom. The fourth-order valence-corrected chi connectivity index (χ4v) is 2.51. The van der Waals surface area contributed by atoms with Crippen LogP contribution in [0.15, 0.2) is 24.3 Å². The largest absolute Gasteiger partial charge is 0.416 e. The van der Waals surface area contributed by atoms with Crippen LogP contribution in [0.5, 0.6) is 0 Å². The molecule has 1 atom stereocenters. The Morgan fingerprint density at radius 2 is 2.11 bits per heavy atom. The molecule has 1 saturated heterocycles. The van der Waals surface area contributed by atoms with Gasteiger partial charge < -0.3 is 4.90 Å². The van der Waals surface area contributed by atoms with Gasteiger partial charge in [-0.2, -0.15) is 13.2 Å². The summed E-state index contributed by atoms with van der Waals surface area (Å²) in [4.78, 5) is 2.08. The zero-order valence-electron chi connectivity index (χ0n) is 10.5. The van der Waals surface area contributed by atoms with Gasteiger partial charge in [-0.1, -0.05) is 19.4 Å². The number of piperidine rings is 1. The molecule has 2 rings (SSSR count). The molecular formula is C14H18F3N. The van der Waals surface area contributed by atoms with Crippen LogP contribution in [0, 0.1) is 5.92 Å². The van der Waals surface area contributed by atoms with Crippen molar-refractivity contribution < 1.29 is 13.2 Å². The summed E-state index contributed by atoms with van der Waals surface area (Å²) in [6, 6.07) is 5.66. The van der Waals surface area contributed by atoms with Gasteiger partial charge in [0.25, 0.3) is 0 Å². The minimum Gasteiger partial charge on any atom is -0.371 e. The Bertz CT molecular complexity index is 400. The van der Waals surface area contributed by atoms with Crippen molar-refractivity contribution in [1.82, 2.24) is 0 Å². The molecule has 1 fully saturated rings. The fraction of sp³-hybridized carbons (Fsp3) is 0.571.